The van der Waals surface area contributed by atoms with E-state index in [2.05, 4.69) is 71.7 Å². The van der Waals surface area contributed by atoms with Crippen LogP contribution in [0.2, 0.25) is 0 Å². The van der Waals surface area contributed by atoms with Crippen molar-refractivity contribution >= 4 is 11.7 Å². The van der Waals surface area contributed by atoms with Crippen molar-refractivity contribution in [3.63, 3.8) is 0 Å². The monoisotopic (exact) mass is 397 g/mol. The Morgan fingerprint density at radius 2 is 1.77 bits per heavy atom. The highest BCUT2D eigenvalue weighted by molar-refractivity contribution is 5.92. The Hall–Kier alpha value is -2.81. The van der Waals surface area contributed by atoms with Crippen LogP contribution in [0.1, 0.15) is 64.7 Å². The summed E-state index contributed by atoms with van der Waals surface area (Å²) in [5.41, 5.74) is 6.13. The summed E-state index contributed by atoms with van der Waals surface area (Å²) in [6, 6.07) is 15.6. The summed E-state index contributed by atoms with van der Waals surface area (Å²) in [5.74, 6) is 1.66. The molecule has 0 N–H and O–H groups in total. The van der Waals surface area contributed by atoms with Gasteiger partial charge in [-0.05, 0) is 60.4 Å². The molecule has 2 aromatic carbocycles. The van der Waals surface area contributed by atoms with Crippen LogP contribution in [0.25, 0.3) is 0 Å². The number of carbonyl (C=O) groups is 1. The molecule has 2 heterocycles. The summed E-state index contributed by atoms with van der Waals surface area (Å²) in [6.07, 6.45) is 11.6. The van der Waals surface area contributed by atoms with Crippen molar-refractivity contribution < 1.29 is 9.53 Å². The number of rotatable bonds is 3. The first kappa shape index (κ1) is 18.0. The van der Waals surface area contributed by atoms with E-state index in [-0.39, 0.29) is 5.97 Å². The fourth-order valence-electron chi connectivity index (χ4n) is 6.34. The van der Waals surface area contributed by atoms with Gasteiger partial charge in [-0.15, -0.1) is 0 Å². The Labute approximate surface area is 178 Å². The van der Waals surface area contributed by atoms with Crippen molar-refractivity contribution in [2.75, 3.05) is 18.1 Å². The third-order valence-corrected chi connectivity index (χ3v) is 7.50. The maximum absolute atomic E-state index is 12.7. The van der Waals surface area contributed by atoms with Gasteiger partial charge in [0.25, 0.3) is 0 Å². The zero-order chi connectivity index (χ0) is 20.2. The van der Waals surface area contributed by atoms with Crippen LogP contribution in [-0.2, 0) is 4.74 Å². The molecule has 0 saturated heterocycles. The van der Waals surface area contributed by atoms with E-state index < -0.39 is 0 Å². The lowest BCUT2D eigenvalue weighted by molar-refractivity contribution is 0.0526. The number of allylic oxidation sites excluding steroid dienone is 4. The van der Waals surface area contributed by atoms with Gasteiger partial charge in [-0.2, -0.15) is 0 Å². The summed E-state index contributed by atoms with van der Waals surface area (Å²) in [4.78, 5) is 15.4. The molecule has 152 valence electrons. The van der Waals surface area contributed by atoms with Gasteiger partial charge in [-0.3, -0.25) is 0 Å². The van der Waals surface area contributed by atoms with E-state index in [1.807, 2.05) is 6.92 Å². The second-order valence-electron chi connectivity index (χ2n) is 9.03. The second-order valence-corrected chi connectivity index (χ2v) is 9.03. The highest BCUT2D eigenvalue weighted by Gasteiger charge is 2.48. The number of hydrogen-bond acceptors (Lipinski definition) is 3. The predicted molar refractivity (Wildman–Crippen MR) is 119 cm³/mol. The Bertz CT molecular complexity index is 1040. The molecule has 6 rings (SSSR count). The Balaban J connectivity index is 1.57. The van der Waals surface area contributed by atoms with Gasteiger partial charge >= 0.3 is 5.97 Å². The molecule has 0 aromatic heterocycles. The van der Waals surface area contributed by atoms with E-state index in [1.54, 1.807) is 0 Å². The molecule has 0 bridgehead atoms. The minimum Gasteiger partial charge on any atom is -0.462 e. The highest BCUT2D eigenvalue weighted by Crippen LogP contribution is 2.58. The Morgan fingerprint density at radius 3 is 2.57 bits per heavy atom. The van der Waals surface area contributed by atoms with Crippen molar-refractivity contribution in [3.8, 4) is 0 Å². The fraction of sp³-hybridized carbons (Fsp3) is 0.370. The molecule has 30 heavy (non-hydrogen) atoms. The molecule has 3 heteroatoms. The van der Waals surface area contributed by atoms with Gasteiger partial charge in [0.1, 0.15) is 0 Å². The summed E-state index contributed by atoms with van der Waals surface area (Å²) in [7, 11) is 0. The number of carbonyl (C=O) groups excluding carboxylic acids is 1. The molecule has 0 fully saturated rings. The summed E-state index contributed by atoms with van der Waals surface area (Å²) in [6.45, 7) is 3.36. The van der Waals surface area contributed by atoms with Gasteiger partial charge in [-0.25, -0.2) is 4.79 Å². The van der Waals surface area contributed by atoms with Crippen molar-refractivity contribution in [2.45, 2.75) is 37.6 Å². The molecule has 5 unspecified atom stereocenters. The minimum absolute atomic E-state index is 0.198. The maximum Gasteiger partial charge on any atom is 0.338 e. The zero-order valence-corrected chi connectivity index (χ0v) is 17.3. The highest BCUT2D eigenvalue weighted by atomic mass is 16.5. The molecule has 4 aliphatic rings. The first-order valence-corrected chi connectivity index (χ1v) is 11.3. The number of esters is 1. The number of fused-ring (bicyclic) bond motifs is 4. The van der Waals surface area contributed by atoms with Gasteiger partial charge < -0.3 is 9.64 Å². The molecule has 2 aliphatic heterocycles. The molecule has 3 nitrogen and oxygen atoms in total. The normalized spacial score (nSPS) is 30.0. The molecule has 0 amide bonds. The lowest BCUT2D eigenvalue weighted by Gasteiger charge is -2.51. The Kier molecular flexibility index (Phi) is 4.12. The first-order valence-electron chi connectivity index (χ1n) is 11.3. The average molecular weight is 398 g/mol. The van der Waals surface area contributed by atoms with Crippen LogP contribution >= 0.6 is 0 Å². The van der Waals surface area contributed by atoms with E-state index in [1.165, 1.54) is 22.4 Å². The summed E-state index contributed by atoms with van der Waals surface area (Å²) < 4.78 is 5.39. The summed E-state index contributed by atoms with van der Waals surface area (Å²) in [5, 5.41) is 0. The van der Waals surface area contributed by atoms with Gasteiger partial charge in [-0.1, -0.05) is 54.6 Å². The molecule has 0 spiro atoms. The molecule has 0 saturated carbocycles. The Morgan fingerprint density at radius 1 is 1.03 bits per heavy atom. The van der Waals surface area contributed by atoms with Crippen molar-refractivity contribution in [2.24, 2.45) is 11.8 Å². The van der Waals surface area contributed by atoms with E-state index in [4.69, 9.17) is 4.74 Å². The average Bonchev–Trinajstić information content (AvgIpc) is 3.44. The first-order chi connectivity index (χ1) is 14.8. The number of hydrogen-bond donors (Lipinski definition) is 0. The molecular weight excluding hydrogens is 370 g/mol. The topological polar surface area (TPSA) is 29.5 Å². The van der Waals surface area contributed by atoms with Crippen molar-refractivity contribution in [1.82, 2.24) is 0 Å². The zero-order valence-electron chi connectivity index (χ0n) is 17.3. The lowest BCUT2D eigenvalue weighted by atomic mass is 9.70. The number of ether oxygens (including phenoxy) is 1. The van der Waals surface area contributed by atoms with E-state index >= 15 is 0 Å². The smallest absolute Gasteiger partial charge is 0.338 e. The van der Waals surface area contributed by atoms with Gasteiger partial charge in [0.2, 0.25) is 0 Å². The molecule has 5 atom stereocenters. The minimum atomic E-state index is -0.198. The van der Waals surface area contributed by atoms with Crippen LogP contribution < -0.4 is 4.90 Å². The second kappa shape index (κ2) is 6.87. The van der Waals surface area contributed by atoms with E-state index in [9.17, 15) is 4.79 Å². The van der Waals surface area contributed by atoms with Crippen molar-refractivity contribution in [3.05, 3.63) is 89.0 Å². The molecule has 2 aromatic rings. The van der Waals surface area contributed by atoms with Crippen molar-refractivity contribution in [1.29, 1.82) is 0 Å². The van der Waals surface area contributed by atoms with Crippen LogP contribution in [0, 0.1) is 11.8 Å². The molecule has 0 radical (unpaired) electrons. The van der Waals surface area contributed by atoms with Crippen LogP contribution in [0.3, 0.4) is 0 Å². The van der Waals surface area contributed by atoms with Gasteiger partial charge in [0.15, 0.2) is 0 Å². The lowest BCUT2D eigenvalue weighted by Crippen LogP contribution is -2.46. The number of nitrogens with zero attached hydrogens (tertiary/aromatic N) is 1. The largest absolute Gasteiger partial charge is 0.462 e. The predicted octanol–water partition coefficient (Wildman–Crippen LogP) is 5.76. The van der Waals surface area contributed by atoms with Crippen LogP contribution in [0.15, 0.2) is 66.8 Å². The number of benzene rings is 2. The number of anilines is 1. The van der Waals surface area contributed by atoms with Crippen LogP contribution in [0.4, 0.5) is 5.69 Å². The maximum atomic E-state index is 12.7. The van der Waals surface area contributed by atoms with Gasteiger partial charge in [0, 0.05) is 24.1 Å². The van der Waals surface area contributed by atoms with Crippen LogP contribution in [0.5, 0.6) is 0 Å². The SMILES string of the molecule is CCOC(=O)c1cc2c3c(c1)C1C=CCC1C(c1ccccc1)N3CC1CC=CC21. The quantitative estimate of drug-likeness (QED) is 0.487. The van der Waals surface area contributed by atoms with E-state index in [0.29, 0.717) is 41.9 Å². The van der Waals surface area contributed by atoms with Gasteiger partial charge in [0.05, 0.1) is 18.2 Å². The standard InChI is InChI=1S/C27H27NO2/c1-2-30-27(29)19-14-23-20-11-6-10-18(20)16-28-25(17-8-4-3-5-9-17)22-13-7-12-21(22)24(15-19)26(23)28/h3-9,11-12,14-15,18,20-22,25H,2,10,13,16H2,1H3. The molecule has 2 aliphatic carbocycles. The van der Waals surface area contributed by atoms with Crippen LogP contribution in [-0.4, -0.2) is 19.1 Å². The summed E-state index contributed by atoms with van der Waals surface area (Å²) >= 11 is 0. The third-order valence-electron chi connectivity index (χ3n) is 7.50. The third kappa shape index (κ3) is 2.54. The molecular formula is C27H27NO2. The van der Waals surface area contributed by atoms with E-state index in [0.717, 1.165) is 19.4 Å². The fourth-order valence-corrected chi connectivity index (χ4v) is 6.34.